The zero-order valence-corrected chi connectivity index (χ0v) is 13.2. The van der Waals surface area contributed by atoms with Crippen LogP contribution < -0.4 is 0 Å². The minimum Gasteiger partial charge on any atom is -0.382 e. The number of rotatable bonds is 3. The highest BCUT2D eigenvalue weighted by atomic mass is 35.5. The van der Waals surface area contributed by atoms with Crippen LogP contribution in [-0.4, -0.2) is 43.5 Å². The Labute approximate surface area is 138 Å². The summed E-state index contributed by atoms with van der Waals surface area (Å²) in [4.78, 5) is 6.67. The maximum atomic E-state index is 10.8. The number of aromatic amines is 1. The van der Waals surface area contributed by atoms with Gasteiger partial charge in [-0.25, -0.2) is 0 Å². The Balaban J connectivity index is 1.59. The lowest BCUT2D eigenvalue weighted by atomic mass is 10.00. The summed E-state index contributed by atoms with van der Waals surface area (Å²) >= 11 is 6.25. The number of hydrogen-bond donors (Lipinski definition) is 2. The Morgan fingerprint density at radius 2 is 2.26 bits per heavy atom. The molecule has 0 saturated carbocycles. The minimum atomic E-state index is -0.942. The molecule has 0 aliphatic carbocycles. The second-order valence-electron chi connectivity index (χ2n) is 5.95. The van der Waals surface area contributed by atoms with Crippen molar-refractivity contribution in [3.05, 3.63) is 52.9 Å². The van der Waals surface area contributed by atoms with Crippen LogP contribution in [0.25, 0.3) is 10.9 Å². The van der Waals surface area contributed by atoms with E-state index in [1.807, 2.05) is 24.3 Å². The summed E-state index contributed by atoms with van der Waals surface area (Å²) in [5, 5.41) is 22.8. The van der Waals surface area contributed by atoms with Crippen LogP contribution in [0.3, 0.4) is 0 Å². The van der Waals surface area contributed by atoms with E-state index in [2.05, 4.69) is 25.3 Å². The van der Waals surface area contributed by atoms with Crippen LogP contribution in [0.5, 0.6) is 0 Å². The molecule has 6 nitrogen and oxygen atoms in total. The normalized spacial score (nSPS) is 22.0. The summed E-state index contributed by atoms with van der Waals surface area (Å²) in [7, 11) is 0. The number of β-amino-alcohol motifs (C(OH)–C–C–N with tert-alkyl or cyclic N) is 1. The van der Waals surface area contributed by atoms with Crippen LogP contribution in [0.15, 0.2) is 36.7 Å². The third-order valence-corrected chi connectivity index (χ3v) is 4.74. The molecular formula is C16H16ClN5O. The molecule has 2 N–H and O–H groups in total. The van der Waals surface area contributed by atoms with Gasteiger partial charge in [-0.2, -0.15) is 15.4 Å². The largest absolute Gasteiger partial charge is 0.382 e. The molecule has 1 aliphatic heterocycles. The molecule has 0 radical (unpaired) electrons. The van der Waals surface area contributed by atoms with E-state index in [-0.39, 0.29) is 0 Å². The number of halogens is 1. The fourth-order valence-corrected chi connectivity index (χ4v) is 3.42. The first-order valence-corrected chi connectivity index (χ1v) is 7.87. The van der Waals surface area contributed by atoms with Crippen molar-refractivity contribution in [1.29, 1.82) is 0 Å². The Morgan fingerprint density at radius 3 is 3.09 bits per heavy atom. The molecule has 7 heteroatoms. The maximum Gasteiger partial charge on any atom is 0.124 e. The van der Waals surface area contributed by atoms with Gasteiger partial charge in [0.1, 0.15) is 11.3 Å². The molecule has 0 unspecified atom stereocenters. The first-order valence-electron chi connectivity index (χ1n) is 7.49. The van der Waals surface area contributed by atoms with Gasteiger partial charge in [-0.15, -0.1) is 0 Å². The fourth-order valence-electron chi connectivity index (χ4n) is 3.21. The highest BCUT2D eigenvalue weighted by Gasteiger charge is 2.39. The molecule has 1 fully saturated rings. The predicted molar refractivity (Wildman–Crippen MR) is 86.9 cm³/mol. The Bertz CT molecular complexity index is 838. The van der Waals surface area contributed by atoms with Gasteiger partial charge in [0.05, 0.1) is 11.7 Å². The van der Waals surface area contributed by atoms with Crippen LogP contribution in [0, 0.1) is 0 Å². The molecule has 3 heterocycles. The Hall–Kier alpha value is -2.02. The van der Waals surface area contributed by atoms with Crippen LogP contribution in [0.4, 0.5) is 0 Å². The lowest BCUT2D eigenvalue weighted by Gasteiger charge is -2.21. The van der Waals surface area contributed by atoms with E-state index >= 15 is 0 Å². The monoisotopic (exact) mass is 329 g/mol. The summed E-state index contributed by atoms with van der Waals surface area (Å²) < 4.78 is 0. The summed E-state index contributed by atoms with van der Waals surface area (Å²) in [5.74, 6) is 0. The van der Waals surface area contributed by atoms with Crippen LogP contribution in [0.2, 0.25) is 5.02 Å². The number of nitrogens with zero attached hydrogens (tertiary/aromatic N) is 4. The van der Waals surface area contributed by atoms with Gasteiger partial charge in [0.25, 0.3) is 0 Å². The smallest absolute Gasteiger partial charge is 0.124 e. The quantitative estimate of drug-likeness (QED) is 0.769. The molecule has 4 rings (SSSR count). The molecule has 23 heavy (non-hydrogen) atoms. The molecule has 0 spiro atoms. The van der Waals surface area contributed by atoms with Crippen LogP contribution >= 0.6 is 11.6 Å². The van der Waals surface area contributed by atoms with Crippen molar-refractivity contribution < 1.29 is 5.11 Å². The van der Waals surface area contributed by atoms with E-state index in [1.54, 1.807) is 12.4 Å². The van der Waals surface area contributed by atoms with E-state index in [0.29, 0.717) is 30.2 Å². The Morgan fingerprint density at radius 1 is 1.35 bits per heavy atom. The van der Waals surface area contributed by atoms with Crippen molar-refractivity contribution in [2.24, 2.45) is 0 Å². The average Bonchev–Trinajstić information content (AvgIpc) is 3.21. The number of fused-ring (bicyclic) bond motifs is 1. The summed E-state index contributed by atoms with van der Waals surface area (Å²) in [6.45, 7) is 2.03. The molecule has 118 valence electrons. The number of aromatic nitrogens is 4. The molecule has 2 aromatic heterocycles. The lowest BCUT2D eigenvalue weighted by molar-refractivity contribution is 0.0409. The number of H-pyrrole nitrogens is 1. The van der Waals surface area contributed by atoms with Crippen LogP contribution in [-0.2, 0) is 12.1 Å². The van der Waals surface area contributed by atoms with Crippen molar-refractivity contribution in [3.63, 3.8) is 0 Å². The van der Waals surface area contributed by atoms with Gasteiger partial charge in [0.15, 0.2) is 0 Å². The number of pyridine rings is 1. The van der Waals surface area contributed by atoms with Crippen molar-refractivity contribution in [3.8, 4) is 0 Å². The lowest BCUT2D eigenvalue weighted by Crippen LogP contribution is -2.31. The van der Waals surface area contributed by atoms with Crippen molar-refractivity contribution >= 4 is 22.5 Å². The molecule has 0 bridgehead atoms. The second kappa shape index (κ2) is 5.56. The van der Waals surface area contributed by atoms with Gasteiger partial charge in [-0.05, 0) is 30.2 Å². The van der Waals surface area contributed by atoms with Crippen LogP contribution in [0.1, 0.15) is 17.7 Å². The second-order valence-corrected chi connectivity index (χ2v) is 6.36. The fraction of sp³-hybridized carbons (Fsp3) is 0.312. The van der Waals surface area contributed by atoms with E-state index < -0.39 is 5.60 Å². The van der Waals surface area contributed by atoms with Crippen molar-refractivity contribution in [1.82, 2.24) is 25.3 Å². The number of benzene rings is 1. The van der Waals surface area contributed by atoms with E-state index in [0.717, 1.165) is 23.0 Å². The van der Waals surface area contributed by atoms with Gasteiger partial charge >= 0.3 is 0 Å². The zero-order chi connectivity index (χ0) is 15.9. The molecule has 3 aromatic rings. The number of aliphatic hydroxyl groups is 1. The SMILES string of the molecule is O[C@@]1(c2cn[nH]n2)CCN(Cc2ccc(Cl)c3cccnc23)C1. The first kappa shape index (κ1) is 14.6. The standard InChI is InChI=1S/C16H16ClN5O/c17-13-4-3-11(15-12(13)2-1-6-18-15)9-22-7-5-16(23,10-22)14-8-19-21-20-14/h1-4,6,8,23H,5,7,9-10H2,(H,19,20,21)/t16-/m0/s1. The maximum absolute atomic E-state index is 10.8. The number of hydrogen-bond acceptors (Lipinski definition) is 5. The minimum absolute atomic E-state index is 0.524. The van der Waals surface area contributed by atoms with E-state index in [1.165, 1.54) is 0 Å². The topological polar surface area (TPSA) is 77.9 Å². The number of likely N-dealkylation sites (tertiary alicyclic amines) is 1. The van der Waals surface area contributed by atoms with E-state index in [4.69, 9.17) is 11.6 Å². The predicted octanol–water partition coefficient (Wildman–Crippen LogP) is 2.10. The summed E-state index contributed by atoms with van der Waals surface area (Å²) in [6.07, 6.45) is 4.00. The van der Waals surface area contributed by atoms with Gasteiger partial charge < -0.3 is 5.11 Å². The molecule has 1 aliphatic rings. The highest BCUT2D eigenvalue weighted by molar-refractivity contribution is 6.35. The summed E-state index contributed by atoms with van der Waals surface area (Å²) in [5.41, 5.74) is 1.67. The van der Waals surface area contributed by atoms with Crippen molar-refractivity contribution in [2.45, 2.75) is 18.6 Å². The summed E-state index contributed by atoms with van der Waals surface area (Å²) in [6, 6.07) is 7.77. The van der Waals surface area contributed by atoms with Crippen molar-refractivity contribution in [2.75, 3.05) is 13.1 Å². The third kappa shape index (κ3) is 2.59. The Kier molecular flexibility index (Phi) is 3.52. The molecule has 1 atom stereocenters. The average molecular weight is 330 g/mol. The van der Waals surface area contributed by atoms with Gasteiger partial charge in [-0.1, -0.05) is 17.7 Å². The molecular weight excluding hydrogens is 314 g/mol. The van der Waals surface area contributed by atoms with Gasteiger partial charge in [0.2, 0.25) is 0 Å². The van der Waals surface area contributed by atoms with Gasteiger partial charge in [-0.3, -0.25) is 9.88 Å². The van der Waals surface area contributed by atoms with E-state index in [9.17, 15) is 5.11 Å². The van der Waals surface area contributed by atoms with Gasteiger partial charge in [0, 0.05) is 36.2 Å². The molecule has 1 aromatic carbocycles. The zero-order valence-electron chi connectivity index (χ0n) is 12.4. The molecule has 1 saturated heterocycles. The number of nitrogens with one attached hydrogen (secondary N) is 1. The third-order valence-electron chi connectivity index (χ3n) is 4.41. The molecule has 0 amide bonds. The highest BCUT2D eigenvalue weighted by Crippen LogP contribution is 2.32. The first-order chi connectivity index (χ1) is 11.2.